The maximum Gasteiger partial charge on any atom is 0.147 e. The number of hydrogen-bond donors (Lipinski definition) is 0. The third-order valence-corrected chi connectivity index (χ3v) is 3.35. The van der Waals surface area contributed by atoms with E-state index in [1.807, 2.05) is 25.1 Å². The van der Waals surface area contributed by atoms with E-state index in [9.17, 15) is 4.79 Å². The second kappa shape index (κ2) is 6.19. The number of Topliss-reactive ketones (excluding diaryl/α,β-unsaturated/α-hetero) is 1. The maximum atomic E-state index is 11.5. The molecule has 0 saturated heterocycles. The van der Waals surface area contributed by atoms with Crippen molar-refractivity contribution in [1.82, 2.24) is 0 Å². The average molecular weight is 243 g/mol. The van der Waals surface area contributed by atoms with Gasteiger partial charge in [-0.1, -0.05) is 30.7 Å². The summed E-state index contributed by atoms with van der Waals surface area (Å²) in [6.45, 7) is 4.04. The van der Waals surface area contributed by atoms with E-state index in [0.717, 1.165) is 16.9 Å². The molecule has 82 valence electrons. The zero-order valence-corrected chi connectivity index (χ0v) is 10.6. The van der Waals surface area contributed by atoms with Gasteiger partial charge in [-0.3, -0.25) is 4.79 Å². The van der Waals surface area contributed by atoms with Crippen LogP contribution in [0.4, 0.5) is 0 Å². The van der Waals surface area contributed by atoms with Gasteiger partial charge in [0, 0.05) is 11.4 Å². The molecule has 0 aliphatic carbocycles. The van der Waals surface area contributed by atoms with Gasteiger partial charge in [0.2, 0.25) is 0 Å². The minimum absolute atomic E-state index is 0.243. The number of aryl methyl sites for hydroxylation is 1. The van der Waals surface area contributed by atoms with Gasteiger partial charge in [-0.15, -0.1) is 0 Å². The first kappa shape index (κ1) is 12.6. The fourth-order valence-corrected chi connectivity index (χ4v) is 2.11. The lowest BCUT2D eigenvalue weighted by atomic mass is 10.1. The largest absolute Gasteiger partial charge is 0.298 e. The molecule has 0 aliphatic heterocycles. The van der Waals surface area contributed by atoms with Gasteiger partial charge < -0.3 is 0 Å². The number of hydrogen-bond acceptors (Lipinski definition) is 2. The van der Waals surface area contributed by atoms with Crippen molar-refractivity contribution in [2.24, 2.45) is 0 Å². The van der Waals surface area contributed by atoms with E-state index in [2.05, 4.69) is 6.92 Å². The van der Waals surface area contributed by atoms with Crippen LogP contribution in [0.1, 0.15) is 18.1 Å². The molecule has 0 spiro atoms. The smallest absolute Gasteiger partial charge is 0.147 e. The molecule has 0 saturated carbocycles. The summed E-state index contributed by atoms with van der Waals surface area (Å²) >= 11 is 7.70. The molecule has 0 heterocycles. The summed E-state index contributed by atoms with van der Waals surface area (Å²) in [5.41, 5.74) is 2.06. The highest BCUT2D eigenvalue weighted by Gasteiger charge is 2.06. The molecule has 0 amide bonds. The lowest BCUT2D eigenvalue weighted by Crippen LogP contribution is -2.06. The molecule has 1 nitrogen and oxygen atoms in total. The lowest BCUT2D eigenvalue weighted by Gasteiger charge is -2.04. The second-order valence-corrected chi connectivity index (χ2v) is 5.13. The van der Waals surface area contributed by atoms with E-state index in [1.54, 1.807) is 11.8 Å². The van der Waals surface area contributed by atoms with Gasteiger partial charge in [-0.2, -0.15) is 11.8 Å². The van der Waals surface area contributed by atoms with Gasteiger partial charge in [0.15, 0.2) is 0 Å². The number of benzene rings is 1. The molecule has 0 aromatic heterocycles. The molecular weight excluding hydrogens is 228 g/mol. The number of carbonyl (C=O) groups is 1. The van der Waals surface area contributed by atoms with Crippen LogP contribution in [0.3, 0.4) is 0 Å². The maximum absolute atomic E-state index is 11.5. The summed E-state index contributed by atoms with van der Waals surface area (Å²) in [7, 11) is 0. The summed E-state index contributed by atoms with van der Waals surface area (Å²) in [5, 5.41) is 0.699. The van der Waals surface area contributed by atoms with Gasteiger partial charge in [0.05, 0.1) is 5.75 Å². The normalized spacial score (nSPS) is 10.3. The molecule has 0 unspecified atom stereocenters. The van der Waals surface area contributed by atoms with Crippen LogP contribution in [-0.2, 0) is 11.2 Å². The number of halogens is 1. The highest BCUT2D eigenvalue weighted by molar-refractivity contribution is 7.99. The molecule has 3 heteroatoms. The first-order chi connectivity index (χ1) is 7.13. The Balaban J connectivity index is 2.60. The van der Waals surface area contributed by atoms with E-state index in [4.69, 9.17) is 11.6 Å². The van der Waals surface area contributed by atoms with Crippen molar-refractivity contribution in [3.63, 3.8) is 0 Å². The van der Waals surface area contributed by atoms with Crippen molar-refractivity contribution in [2.75, 3.05) is 11.5 Å². The third-order valence-electron chi connectivity index (χ3n) is 2.06. The Labute approximate surface area is 100 Å². The molecule has 1 rings (SSSR count). The highest BCUT2D eigenvalue weighted by Crippen LogP contribution is 2.18. The Morgan fingerprint density at radius 1 is 1.47 bits per heavy atom. The van der Waals surface area contributed by atoms with Crippen LogP contribution >= 0.6 is 23.4 Å². The van der Waals surface area contributed by atoms with Crippen molar-refractivity contribution in [3.05, 3.63) is 34.3 Å². The zero-order chi connectivity index (χ0) is 11.3. The van der Waals surface area contributed by atoms with Gasteiger partial charge >= 0.3 is 0 Å². The molecule has 0 radical (unpaired) electrons. The van der Waals surface area contributed by atoms with Crippen molar-refractivity contribution in [1.29, 1.82) is 0 Å². The molecular formula is C12H15ClOS. The predicted molar refractivity (Wildman–Crippen MR) is 67.9 cm³/mol. The van der Waals surface area contributed by atoms with Crippen LogP contribution < -0.4 is 0 Å². The summed E-state index contributed by atoms with van der Waals surface area (Å²) in [5.74, 6) is 1.81. The Morgan fingerprint density at radius 2 is 2.20 bits per heavy atom. The predicted octanol–water partition coefficient (Wildman–Crippen LogP) is 3.51. The number of rotatable bonds is 5. The summed E-state index contributed by atoms with van der Waals surface area (Å²) in [4.78, 5) is 11.5. The van der Waals surface area contributed by atoms with Crippen molar-refractivity contribution in [2.45, 2.75) is 20.3 Å². The van der Waals surface area contributed by atoms with Crippen LogP contribution in [0, 0.1) is 6.92 Å². The van der Waals surface area contributed by atoms with Crippen molar-refractivity contribution >= 4 is 29.1 Å². The minimum atomic E-state index is 0.243. The van der Waals surface area contributed by atoms with Gasteiger partial charge in [0.1, 0.15) is 5.78 Å². The van der Waals surface area contributed by atoms with Gasteiger partial charge in [-0.05, 0) is 29.9 Å². The van der Waals surface area contributed by atoms with E-state index in [0.29, 0.717) is 17.2 Å². The molecule has 0 fully saturated rings. The monoisotopic (exact) mass is 242 g/mol. The highest BCUT2D eigenvalue weighted by atomic mass is 35.5. The number of carbonyl (C=O) groups excluding carboxylic acids is 1. The first-order valence-electron chi connectivity index (χ1n) is 4.98. The summed E-state index contributed by atoms with van der Waals surface area (Å²) in [6.07, 6.45) is 0.451. The van der Waals surface area contributed by atoms with Crippen LogP contribution in [0.2, 0.25) is 5.02 Å². The van der Waals surface area contributed by atoms with Crippen LogP contribution in [0.15, 0.2) is 18.2 Å². The zero-order valence-electron chi connectivity index (χ0n) is 9.05. The summed E-state index contributed by atoms with van der Waals surface area (Å²) in [6, 6.07) is 5.82. The Kier molecular flexibility index (Phi) is 5.20. The molecule has 0 bridgehead atoms. The standard InChI is InChI=1S/C12H15ClOS/c1-3-15-8-11(14)7-10-5-4-9(2)6-12(10)13/h4-6H,3,7-8H2,1-2H3. The van der Waals surface area contributed by atoms with Crippen molar-refractivity contribution in [3.8, 4) is 0 Å². The second-order valence-electron chi connectivity index (χ2n) is 3.45. The van der Waals surface area contributed by atoms with E-state index < -0.39 is 0 Å². The van der Waals surface area contributed by atoms with Crippen LogP contribution in [0.5, 0.6) is 0 Å². The Hall–Kier alpha value is -0.470. The molecule has 1 aromatic carbocycles. The Morgan fingerprint density at radius 3 is 2.80 bits per heavy atom. The van der Waals surface area contributed by atoms with Crippen LogP contribution in [0.25, 0.3) is 0 Å². The number of thioether (sulfide) groups is 1. The molecule has 15 heavy (non-hydrogen) atoms. The first-order valence-corrected chi connectivity index (χ1v) is 6.51. The number of ketones is 1. The van der Waals surface area contributed by atoms with E-state index >= 15 is 0 Å². The van der Waals surface area contributed by atoms with Crippen LogP contribution in [-0.4, -0.2) is 17.3 Å². The third kappa shape index (κ3) is 4.27. The van der Waals surface area contributed by atoms with Gasteiger partial charge in [-0.25, -0.2) is 0 Å². The fraction of sp³-hybridized carbons (Fsp3) is 0.417. The quantitative estimate of drug-likeness (QED) is 0.786. The summed E-state index contributed by atoms with van der Waals surface area (Å²) < 4.78 is 0. The molecule has 0 atom stereocenters. The van der Waals surface area contributed by atoms with E-state index in [1.165, 1.54) is 0 Å². The lowest BCUT2D eigenvalue weighted by molar-refractivity contribution is -0.116. The molecule has 0 N–H and O–H groups in total. The average Bonchev–Trinajstić information content (AvgIpc) is 2.19. The van der Waals surface area contributed by atoms with Gasteiger partial charge in [0.25, 0.3) is 0 Å². The minimum Gasteiger partial charge on any atom is -0.298 e. The molecule has 0 aliphatic rings. The molecule has 1 aromatic rings. The fourth-order valence-electron chi connectivity index (χ4n) is 1.28. The Bertz CT molecular complexity index is 349. The van der Waals surface area contributed by atoms with E-state index in [-0.39, 0.29) is 5.78 Å². The SMILES string of the molecule is CCSCC(=O)Cc1ccc(C)cc1Cl. The van der Waals surface area contributed by atoms with Crippen molar-refractivity contribution < 1.29 is 4.79 Å². The topological polar surface area (TPSA) is 17.1 Å².